The smallest absolute Gasteiger partial charge is 0.107 e. The third-order valence-electron chi connectivity index (χ3n) is 3.75. The lowest BCUT2D eigenvalue weighted by Crippen LogP contribution is -2.48. The second kappa shape index (κ2) is 7.28. The van der Waals surface area contributed by atoms with Crippen molar-refractivity contribution in [3.05, 3.63) is 0 Å². The number of nitriles is 1. The SMILES string of the molecule is CCNC1(C#N)CCCC(SCC(C)CC)C1. The van der Waals surface area contributed by atoms with Crippen LogP contribution in [0.4, 0.5) is 0 Å². The maximum absolute atomic E-state index is 9.39. The van der Waals surface area contributed by atoms with E-state index in [-0.39, 0.29) is 5.54 Å². The van der Waals surface area contributed by atoms with Crippen LogP contribution in [0.1, 0.15) is 52.9 Å². The Balaban J connectivity index is 2.45. The van der Waals surface area contributed by atoms with Gasteiger partial charge in [0, 0.05) is 5.25 Å². The average Bonchev–Trinajstić information content (AvgIpc) is 2.36. The van der Waals surface area contributed by atoms with Crippen molar-refractivity contribution in [3.8, 4) is 6.07 Å². The van der Waals surface area contributed by atoms with E-state index in [1.165, 1.54) is 25.0 Å². The first-order chi connectivity index (χ1) is 8.15. The predicted molar refractivity (Wildman–Crippen MR) is 76.2 cm³/mol. The number of nitrogens with zero attached hydrogens (tertiary/aromatic N) is 1. The van der Waals surface area contributed by atoms with E-state index in [1.807, 2.05) is 0 Å². The minimum Gasteiger partial charge on any atom is -0.300 e. The zero-order valence-electron chi connectivity index (χ0n) is 11.5. The highest BCUT2D eigenvalue weighted by Gasteiger charge is 2.35. The maximum Gasteiger partial charge on any atom is 0.107 e. The van der Waals surface area contributed by atoms with Gasteiger partial charge in [0.1, 0.15) is 5.54 Å². The molecule has 0 aromatic heterocycles. The lowest BCUT2D eigenvalue weighted by molar-refractivity contribution is 0.309. The first-order valence-corrected chi connectivity index (χ1v) is 7.98. The second-order valence-electron chi connectivity index (χ2n) is 5.29. The maximum atomic E-state index is 9.39. The fourth-order valence-electron chi connectivity index (χ4n) is 2.42. The number of rotatable bonds is 6. The molecule has 98 valence electrons. The Labute approximate surface area is 111 Å². The van der Waals surface area contributed by atoms with Gasteiger partial charge in [0.15, 0.2) is 0 Å². The van der Waals surface area contributed by atoms with Crippen molar-refractivity contribution < 1.29 is 0 Å². The summed E-state index contributed by atoms with van der Waals surface area (Å²) in [4.78, 5) is 0. The molecular formula is C14H26N2S. The second-order valence-corrected chi connectivity index (χ2v) is 6.62. The first kappa shape index (κ1) is 14.9. The largest absolute Gasteiger partial charge is 0.300 e. The Morgan fingerprint density at radius 3 is 2.88 bits per heavy atom. The average molecular weight is 254 g/mol. The Morgan fingerprint density at radius 1 is 1.53 bits per heavy atom. The molecule has 0 saturated heterocycles. The molecule has 0 radical (unpaired) electrons. The van der Waals surface area contributed by atoms with Gasteiger partial charge in [0.2, 0.25) is 0 Å². The molecule has 2 nitrogen and oxygen atoms in total. The molecule has 0 heterocycles. The molecule has 1 aliphatic rings. The Bertz CT molecular complexity index is 257. The van der Waals surface area contributed by atoms with Crippen molar-refractivity contribution in [2.45, 2.75) is 63.7 Å². The number of nitrogens with one attached hydrogen (secondary N) is 1. The first-order valence-electron chi connectivity index (χ1n) is 6.93. The summed E-state index contributed by atoms with van der Waals surface area (Å²) in [5, 5.41) is 13.5. The molecule has 17 heavy (non-hydrogen) atoms. The molecule has 0 aliphatic heterocycles. The fourth-order valence-corrected chi connectivity index (χ4v) is 4.00. The third kappa shape index (κ3) is 4.52. The molecule has 1 fully saturated rings. The van der Waals surface area contributed by atoms with Gasteiger partial charge in [-0.1, -0.05) is 27.2 Å². The van der Waals surface area contributed by atoms with Gasteiger partial charge in [-0.3, -0.25) is 5.32 Å². The van der Waals surface area contributed by atoms with Crippen LogP contribution in [-0.4, -0.2) is 23.1 Å². The predicted octanol–water partition coefficient (Wildman–Crippen LogP) is 3.58. The molecular weight excluding hydrogens is 228 g/mol. The summed E-state index contributed by atoms with van der Waals surface area (Å²) in [5.41, 5.74) is -0.236. The summed E-state index contributed by atoms with van der Waals surface area (Å²) < 4.78 is 0. The summed E-state index contributed by atoms with van der Waals surface area (Å²) in [6.07, 6.45) is 5.79. The zero-order chi connectivity index (χ0) is 12.7. The molecule has 0 aromatic carbocycles. The monoisotopic (exact) mass is 254 g/mol. The molecule has 1 N–H and O–H groups in total. The quantitative estimate of drug-likeness (QED) is 0.787. The van der Waals surface area contributed by atoms with E-state index in [0.29, 0.717) is 5.25 Å². The Kier molecular flexibility index (Phi) is 6.37. The van der Waals surface area contributed by atoms with Crippen molar-refractivity contribution >= 4 is 11.8 Å². The molecule has 1 saturated carbocycles. The van der Waals surface area contributed by atoms with Gasteiger partial charge >= 0.3 is 0 Å². The van der Waals surface area contributed by atoms with Crippen LogP contribution >= 0.6 is 11.8 Å². The van der Waals surface area contributed by atoms with E-state index in [1.54, 1.807) is 0 Å². The lowest BCUT2D eigenvalue weighted by Gasteiger charge is -2.36. The van der Waals surface area contributed by atoms with Crippen LogP contribution in [0, 0.1) is 17.2 Å². The highest BCUT2D eigenvalue weighted by atomic mass is 32.2. The standard InChI is InChI=1S/C14H26N2S/c1-4-12(3)10-17-13-7-6-8-14(9-13,11-15)16-5-2/h12-13,16H,4-10H2,1-3H3. The van der Waals surface area contributed by atoms with Gasteiger partial charge in [-0.2, -0.15) is 17.0 Å². The molecule has 3 atom stereocenters. The van der Waals surface area contributed by atoms with Crippen LogP contribution in [0.15, 0.2) is 0 Å². The van der Waals surface area contributed by atoms with Crippen molar-refractivity contribution in [2.24, 2.45) is 5.92 Å². The van der Waals surface area contributed by atoms with E-state index < -0.39 is 0 Å². The number of hydrogen-bond acceptors (Lipinski definition) is 3. The minimum atomic E-state index is -0.236. The molecule has 1 aliphatic carbocycles. The third-order valence-corrected chi connectivity index (χ3v) is 5.38. The molecule has 0 bridgehead atoms. The highest BCUT2D eigenvalue weighted by molar-refractivity contribution is 7.99. The van der Waals surface area contributed by atoms with Gasteiger partial charge in [0.05, 0.1) is 6.07 Å². The fraction of sp³-hybridized carbons (Fsp3) is 0.929. The van der Waals surface area contributed by atoms with Crippen molar-refractivity contribution in [3.63, 3.8) is 0 Å². The van der Waals surface area contributed by atoms with E-state index in [4.69, 9.17) is 0 Å². The normalized spacial score (nSPS) is 30.8. The molecule has 1 rings (SSSR count). The van der Waals surface area contributed by atoms with Crippen LogP contribution in [0.2, 0.25) is 0 Å². The van der Waals surface area contributed by atoms with E-state index >= 15 is 0 Å². The zero-order valence-corrected chi connectivity index (χ0v) is 12.3. The molecule has 3 unspecified atom stereocenters. The lowest BCUT2D eigenvalue weighted by atomic mass is 9.82. The Morgan fingerprint density at radius 2 is 2.29 bits per heavy atom. The van der Waals surface area contributed by atoms with Crippen molar-refractivity contribution in [1.82, 2.24) is 5.32 Å². The van der Waals surface area contributed by atoms with Gasteiger partial charge in [0.25, 0.3) is 0 Å². The van der Waals surface area contributed by atoms with Crippen molar-refractivity contribution in [1.29, 1.82) is 5.26 Å². The van der Waals surface area contributed by atoms with E-state index in [2.05, 4.69) is 43.9 Å². The van der Waals surface area contributed by atoms with Crippen molar-refractivity contribution in [2.75, 3.05) is 12.3 Å². The topological polar surface area (TPSA) is 35.8 Å². The van der Waals surface area contributed by atoms with Gasteiger partial charge in [-0.25, -0.2) is 0 Å². The minimum absolute atomic E-state index is 0.236. The Hall–Kier alpha value is -0.200. The van der Waals surface area contributed by atoms with Crippen LogP contribution in [-0.2, 0) is 0 Å². The number of thioether (sulfide) groups is 1. The number of hydrogen-bond donors (Lipinski definition) is 1. The van der Waals surface area contributed by atoms with Crippen LogP contribution in [0.3, 0.4) is 0 Å². The van der Waals surface area contributed by atoms with E-state index in [9.17, 15) is 5.26 Å². The summed E-state index contributed by atoms with van der Waals surface area (Å²) in [5.74, 6) is 2.05. The van der Waals surface area contributed by atoms with Gasteiger partial charge in [-0.05, 0) is 43.9 Å². The highest BCUT2D eigenvalue weighted by Crippen LogP contribution is 2.35. The van der Waals surface area contributed by atoms with Crippen LogP contribution < -0.4 is 5.32 Å². The summed E-state index contributed by atoms with van der Waals surface area (Å²) in [6, 6.07) is 2.53. The molecule has 0 spiro atoms. The van der Waals surface area contributed by atoms with Crippen LogP contribution in [0.5, 0.6) is 0 Å². The van der Waals surface area contributed by atoms with E-state index in [0.717, 1.165) is 25.3 Å². The van der Waals surface area contributed by atoms with Gasteiger partial charge in [-0.15, -0.1) is 0 Å². The van der Waals surface area contributed by atoms with Gasteiger partial charge < -0.3 is 0 Å². The molecule has 0 aromatic rings. The molecule has 3 heteroatoms. The van der Waals surface area contributed by atoms with Crippen LogP contribution in [0.25, 0.3) is 0 Å². The summed E-state index contributed by atoms with van der Waals surface area (Å²) >= 11 is 2.08. The summed E-state index contributed by atoms with van der Waals surface area (Å²) in [6.45, 7) is 7.56. The summed E-state index contributed by atoms with van der Waals surface area (Å²) in [7, 11) is 0. The molecule has 0 amide bonds.